The Bertz CT molecular complexity index is 987. The van der Waals surface area contributed by atoms with Gasteiger partial charge >= 0.3 is 0 Å². The van der Waals surface area contributed by atoms with E-state index in [1.54, 1.807) is 12.1 Å². The molecule has 0 radical (unpaired) electrons. The van der Waals surface area contributed by atoms with E-state index >= 15 is 0 Å². The first kappa shape index (κ1) is 21.1. The van der Waals surface area contributed by atoms with Gasteiger partial charge in [0.25, 0.3) is 10.0 Å². The molecule has 2 aromatic rings. The molecule has 2 fully saturated rings. The lowest BCUT2D eigenvalue weighted by Gasteiger charge is -2.34. The Labute approximate surface area is 178 Å². The van der Waals surface area contributed by atoms with Crippen LogP contribution >= 0.6 is 0 Å². The number of amides is 1. The highest BCUT2D eigenvalue weighted by Gasteiger charge is 2.30. The largest absolute Gasteiger partial charge is 0.447 e. The van der Waals surface area contributed by atoms with Crippen LogP contribution in [-0.4, -0.2) is 67.7 Å². The molecule has 0 N–H and O–H groups in total. The van der Waals surface area contributed by atoms with Crippen LogP contribution in [0, 0.1) is 6.92 Å². The minimum absolute atomic E-state index is 0.0337. The third kappa shape index (κ3) is 4.61. The molecular formula is C22H29N3O4S. The number of nitrogens with zero attached hydrogens (tertiary/aromatic N) is 3. The Balaban J connectivity index is 1.29. The fraction of sp³-hybridized carbons (Fsp3) is 0.500. The van der Waals surface area contributed by atoms with Gasteiger partial charge in [0.15, 0.2) is 0 Å². The van der Waals surface area contributed by atoms with Gasteiger partial charge in [-0.05, 0) is 43.0 Å². The van der Waals surface area contributed by atoms with Gasteiger partial charge in [0.1, 0.15) is 5.76 Å². The second-order valence-electron chi connectivity index (χ2n) is 8.09. The molecular weight excluding hydrogens is 402 g/mol. The zero-order valence-corrected chi connectivity index (χ0v) is 18.2. The summed E-state index contributed by atoms with van der Waals surface area (Å²) in [5.74, 6) is 0.799. The highest BCUT2D eigenvalue weighted by Crippen LogP contribution is 2.23. The molecule has 2 aliphatic heterocycles. The van der Waals surface area contributed by atoms with Crippen LogP contribution < -0.4 is 0 Å². The van der Waals surface area contributed by atoms with Gasteiger partial charge in [0.2, 0.25) is 11.0 Å². The monoisotopic (exact) mass is 431 g/mol. The molecule has 0 saturated carbocycles. The van der Waals surface area contributed by atoms with Crippen LogP contribution in [0.3, 0.4) is 0 Å². The smallest absolute Gasteiger partial charge is 0.276 e. The third-order valence-corrected chi connectivity index (χ3v) is 7.78. The molecule has 4 rings (SSSR count). The van der Waals surface area contributed by atoms with Crippen molar-refractivity contribution < 1.29 is 17.6 Å². The number of benzene rings is 1. The first-order chi connectivity index (χ1) is 14.4. The molecule has 0 atom stereocenters. The lowest BCUT2D eigenvalue weighted by atomic mass is 10.1. The quantitative estimate of drug-likeness (QED) is 0.701. The number of rotatable bonds is 6. The normalized spacial score (nSPS) is 18.8. The minimum atomic E-state index is -3.52. The van der Waals surface area contributed by atoms with Gasteiger partial charge in [-0.3, -0.25) is 9.69 Å². The average molecular weight is 432 g/mol. The number of piperazine rings is 1. The van der Waals surface area contributed by atoms with Gasteiger partial charge < -0.3 is 9.32 Å². The standard InChI is InChI=1S/C22H29N3O4S/c1-18-6-2-3-7-19(18)16-21(26)24-14-12-23(13-15-24)17-20-8-9-22(29-20)30(27,28)25-10-4-5-11-25/h2-3,6-9H,4-5,10-17H2,1H3. The van der Waals surface area contributed by atoms with Crippen LogP contribution in [0.5, 0.6) is 0 Å². The summed E-state index contributed by atoms with van der Waals surface area (Å²) in [6.07, 6.45) is 2.24. The SMILES string of the molecule is Cc1ccccc1CC(=O)N1CCN(Cc2ccc(S(=O)(=O)N3CCCC3)o2)CC1. The van der Waals surface area contributed by atoms with E-state index in [1.807, 2.05) is 36.1 Å². The van der Waals surface area contributed by atoms with Gasteiger partial charge in [-0.2, -0.15) is 4.31 Å². The Morgan fingerprint density at radius 2 is 1.67 bits per heavy atom. The summed E-state index contributed by atoms with van der Waals surface area (Å²) in [5.41, 5.74) is 2.22. The van der Waals surface area contributed by atoms with Crippen LogP contribution in [0.25, 0.3) is 0 Å². The molecule has 2 saturated heterocycles. The van der Waals surface area contributed by atoms with Crippen molar-refractivity contribution in [2.75, 3.05) is 39.3 Å². The van der Waals surface area contributed by atoms with Crippen LogP contribution in [0.4, 0.5) is 0 Å². The van der Waals surface area contributed by atoms with E-state index in [9.17, 15) is 13.2 Å². The molecule has 162 valence electrons. The molecule has 0 spiro atoms. The van der Waals surface area contributed by atoms with E-state index in [1.165, 1.54) is 4.31 Å². The van der Waals surface area contributed by atoms with Gasteiger partial charge in [0.05, 0.1) is 13.0 Å². The van der Waals surface area contributed by atoms with Crippen molar-refractivity contribution in [3.8, 4) is 0 Å². The number of hydrogen-bond acceptors (Lipinski definition) is 5. The number of furan rings is 1. The fourth-order valence-electron chi connectivity index (χ4n) is 4.10. The molecule has 0 aliphatic carbocycles. The summed E-state index contributed by atoms with van der Waals surface area (Å²) in [5, 5.41) is 0.0337. The topological polar surface area (TPSA) is 74.1 Å². The van der Waals surface area contributed by atoms with E-state index in [-0.39, 0.29) is 11.0 Å². The molecule has 8 heteroatoms. The Kier molecular flexibility index (Phi) is 6.26. The first-order valence-corrected chi connectivity index (χ1v) is 12.0. The maximum Gasteiger partial charge on any atom is 0.276 e. The van der Waals surface area contributed by atoms with Crippen LogP contribution in [0.2, 0.25) is 0 Å². The van der Waals surface area contributed by atoms with E-state index in [0.717, 1.165) is 37.1 Å². The van der Waals surface area contributed by atoms with Gasteiger partial charge in [0, 0.05) is 39.3 Å². The van der Waals surface area contributed by atoms with Crippen molar-refractivity contribution in [2.24, 2.45) is 0 Å². The maximum atomic E-state index is 12.6. The molecule has 3 heterocycles. The van der Waals surface area contributed by atoms with Crippen molar-refractivity contribution >= 4 is 15.9 Å². The number of aryl methyl sites for hydroxylation is 1. The Hall–Kier alpha value is -2.16. The molecule has 1 aromatic carbocycles. The summed E-state index contributed by atoms with van der Waals surface area (Å²) >= 11 is 0. The van der Waals surface area contributed by atoms with E-state index in [0.29, 0.717) is 44.9 Å². The Morgan fingerprint density at radius 1 is 0.967 bits per heavy atom. The van der Waals surface area contributed by atoms with Crippen molar-refractivity contribution in [1.82, 2.24) is 14.1 Å². The zero-order chi connectivity index (χ0) is 21.1. The number of carbonyl (C=O) groups is 1. The number of sulfonamides is 1. The molecule has 0 unspecified atom stereocenters. The second-order valence-corrected chi connectivity index (χ2v) is 9.96. The first-order valence-electron chi connectivity index (χ1n) is 10.6. The van der Waals surface area contributed by atoms with E-state index in [2.05, 4.69) is 4.90 Å². The molecule has 1 amide bonds. The van der Waals surface area contributed by atoms with Crippen LogP contribution in [-0.2, 0) is 27.8 Å². The number of carbonyl (C=O) groups excluding carboxylic acids is 1. The summed E-state index contributed by atoms with van der Waals surface area (Å²) in [6.45, 7) is 6.54. The van der Waals surface area contributed by atoms with Crippen molar-refractivity contribution in [3.05, 3.63) is 53.3 Å². The molecule has 7 nitrogen and oxygen atoms in total. The minimum Gasteiger partial charge on any atom is -0.447 e. The van der Waals surface area contributed by atoms with Crippen LogP contribution in [0.15, 0.2) is 45.9 Å². The third-order valence-electron chi connectivity index (χ3n) is 6.00. The summed E-state index contributed by atoms with van der Waals surface area (Å²) in [6, 6.07) is 11.3. The summed E-state index contributed by atoms with van der Waals surface area (Å²) in [4.78, 5) is 16.7. The second kappa shape index (κ2) is 8.91. The predicted octanol–water partition coefficient (Wildman–Crippen LogP) is 2.26. The van der Waals surface area contributed by atoms with Crippen molar-refractivity contribution in [2.45, 2.75) is 37.8 Å². The van der Waals surface area contributed by atoms with Crippen LogP contribution in [0.1, 0.15) is 29.7 Å². The molecule has 0 bridgehead atoms. The van der Waals surface area contributed by atoms with E-state index in [4.69, 9.17) is 4.42 Å². The zero-order valence-electron chi connectivity index (χ0n) is 17.4. The predicted molar refractivity (Wildman–Crippen MR) is 113 cm³/mol. The fourth-order valence-corrected chi connectivity index (χ4v) is 5.54. The van der Waals surface area contributed by atoms with Crippen molar-refractivity contribution in [3.63, 3.8) is 0 Å². The van der Waals surface area contributed by atoms with Crippen molar-refractivity contribution in [1.29, 1.82) is 0 Å². The lowest BCUT2D eigenvalue weighted by molar-refractivity contribution is -0.132. The summed E-state index contributed by atoms with van der Waals surface area (Å²) < 4.78 is 32.4. The number of hydrogen-bond donors (Lipinski definition) is 0. The average Bonchev–Trinajstić information content (AvgIpc) is 3.43. The summed E-state index contributed by atoms with van der Waals surface area (Å²) in [7, 11) is -3.52. The molecule has 30 heavy (non-hydrogen) atoms. The Morgan fingerprint density at radius 3 is 2.37 bits per heavy atom. The lowest BCUT2D eigenvalue weighted by Crippen LogP contribution is -2.48. The highest BCUT2D eigenvalue weighted by atomic mass is 32.2. The van der Waals surface area contributed by atoms with Gasteiger partial charge in [-0.25, -0.2) is 8.42 Å². The van der Waals surface area contributed by atoms with Gasteiger partial charge in [-0.1, -0.05) is 24.3 Å². The molecule has 2 aliphatic rings. The van der Waals surface area contributed by atoms with E-state index < -0.39 is 10.0 Å². The maximum absolute atomic E-state index is 12.6. The van der Waals surface area contributed by atoms with Gasteiger partial charge in [-0.15, -0.1) is 0 Å². The highest BCUT2D eigenvalue weighted by molar-refractivity contribution is 7.89. The molecule has 1 aromatic heterocycles.